The number of likely N-dealkylation sites (N-methyl/N-ethyl adjacent to an activating group) is 1. The standard InChI is InChI=1S/C25H30N2O4/c1-16(2)31-20-12-10-19(11-13-20)23(28)21-22(18-8-6-17(3)7-9-18)27(15-14-26(4)5)25(30)24(21)29/h6-13,16,22,28H,14-15H2,1-5H3/b23-21-. The summed E-state index contributed by atoms with van der Waals surface area (Å²) >= 11 is 0. The summed E-state index contributed by atoms with van der Waals surface area (Å²) in [6.07, 6.45) is 0.0306. The van der Waals surface area contributed by atoms with Crippen LogP contribution in [-0.2, 0) is 9.59 Å². The third-order valence-corrected chi connectivity index (χ3v) is 5.22. The van der Waals surface area contributed by atoms with Crippen LogP contribution >= 0.6 is 0 Å². The van der Waals surface area contributed by atoms with Crippen molar-refractivity contribution >= 4 is 17.4 Å². The largest absolute Gasteiger partial charge is 0.507 e. The second-order valence-electron chi connectivity index (χ2n) is 8.40. The molecule has 6 heteroatoms. The molecule has 1 aliphatic heterocycles. The zero-order chi connectivity index (χ0) is 22.7. The molecule has 1 atom stereocenters. The van der Waals surface area contributed by atoms with Gasteiger partial charge in [-0.2, -0.15) is 0 Å². The van der Waals surface area contributed by atoms with Crippen LogP contribution in [0.25, 0.3) is 5.76 Å². The number of aliphatic hydroxyl groups is 1. The lowest BCUT2D eigenvalue weighted by Crippen LogP contribution is -2.35. The van der Waals surface area contributed by atoms with E-state index in [9.17, 15) is 14.7 Å². The summed E-state index contributed by atoms with van der Waals surface area (Å²) in [6, 6.07) is 14.0. The molecule has 0 saturated carbocycles. The second kappa shape index (κ2) is 9.35. The van der Waals surface area contributed by atoms with Gasteiger partial charge in [0.25, 0.3) is 11.7 Å². The van der Waals surface area contributed by atoms with Gasteiger partial charge >= 0.3 is 0 Å². The number of amides is 1. The fraction of sp³-hybridized carbons (Fsp3) is 0.360. The molecule has 0 bridgehead atoms. The summed E-state index contributed by atoms with van der Waals surface area (Å²) in [7, 11) is 3.83. The predicted octanol–water partition coefficient (Wildman–Crippen LogP) is 3.77. The van der Waals surface area contributed by atoms with Crippen LogP contribution in [0.5, 0.6) is 5.75 Å². The molecule has 1 N–H and O–H groups in total. The molecule has 31 heavy (non-hydrogen) atoms. The molecule has 3 rings (SSSR count). The van der Waals surface area contributed by atoms with E-state index in [1.54, 1.807) is 29.2 Å². The zero-order valence-electron chi connectivity index (χ0n) is 18.8. The number of ketones is 1. The van der Waals surface area contributed by atoms with Crippen LogP contribution in [0.1, 0.15) is 36.6 Å². The maximum Gasteiger partial charge on any atom is 0.295 e. The number of carbonyl (C=O) groups is 2. The monoisotopic (exact) mass is 422 g/mol. The average molecular weight is 423 g/mol. The van der Waals surface area contributed by atoms with Gasteiger partial charge in [0, 0.05) is 18.7 Å². The second-order valence-corrected chi connectivity index (χ2v) is 8.40. The lowest BCUT2D eigenvalue weighted by molar-refractivity contribution is -0.140. The molecule has 1 unspecified atom stereocenters. The number of Topliss-reactive ketones (excluding diaryl/α,β-unsaturated/α-hetero) is 1. The molecular weight excluding hydrogens is 392 g/mol. The number of ether oxygens (including phenoxy) is 1. The minimum atomic E-state index is -0.663. The first-order valence-corrected chi connectivity index (χ1v) is 10.5. The Morgan fingerprint density at radius 2 is 1.68 bits per heavy atom. The Hall–Kier alpha value is -3.12. The van der Waals surface area contributed by atoms with Gasteiger partial charge in [-0.05, 0) is 64.7 Å². The van der Waals surface area contributed by atoms with Crippen LogP contribution in [0.4, 0.5) is 0 Å². The smallest absolute Gasteiger partial charge is 0.295 e. The molecule has 2 aromatic rings. The van der Waals surface area contributed by atoms with Crippen molar-refractivity contribution in [3.63, 3.8) is 0 Å². The maximum atomic E-state index is 13.0. The summed E-state index contributed by atoms with van der Waals surface area (Å²) in [5.41, 5.74) is 2.46. The summed E-state index contributed by atoms with van der Waals surface area (Å²) in [6.45, 7) is 6.84. The molecule has 0 aromatic heterocycles. The van der Waals surface area contributed by atoms with E-state index in [0.29, 0.717) is 24.4 Å². The number of benzene rings is 2. The summed E-state index contributed by atoms with van der Waals surface area (Å²) in [4.78, 5) is 29.4. The highest BCUT2D eigenvalue weighted by Crippen LogP contribution is 2.39. The molecule has 0 spiro atoms. The van der Waals surface area contributed by atoms with E-state index < -0.39 is 17.7 Å². The number of aryl methyl sites for hydroxylation is 1. The quantitative estimate of drug-likeness (QED) is 0.418. The van der Waals surface area contributed by atoms with Gasteiger partial charge in [-0.1, -0.05) is 29.8 Å². The van der Waals surface area contributed by atoms with Crippen molar-refractivity contribution in [1.29, 1.82) is 0 Å². The van der Waals surface area contributed by atoms with E-state index in [1.807, 2.05) is 64.0 Å². The predicted molar refractivity (Wildman–Crippen MR) is 121 cm³/mol. The molecule has 164 valence electrons. The molecule has 1 amide bonds. The van der Waals surface area contributed by atoms with Gasteiger partial charge in [0.1, 0.15) is 11.5 Å². The first-order valence-electron chi connectivity index (χ1n) is 10.5. The molecule has 1 saturated heterocycles. The maximum absolute atomic E-state index is 13.0. The number of nitrogens with zero attached hydrogens (tertiary/aromatic N) is 2. The number of hydrogen-bond acceptors (Lipinski definition) is 5. The van der Waals surface area contributed by atoms with Crippen LogP contribution in [-0.4, -0.2) is 59.9 Å². The minimum absolute atomic E-state index is 0.0306. The Labute approximate surface area is 183 Å². The Morgan fingerprint density at radius 1 is 1.06 bits per heavy atom. The summed E-state index contributed by atoms with van der Waals surface area (Å²) < 4.78 is 5.65. The minimum Gasteiger partial charge on any atom is -0.507 e. The van der Waals surface area contributed by atoms with Crippen molar-refractivity contribution in [2.45, 2.75) is 32.9 Å². The SMILES string of the molecule is Cc1ccc(C2/C(=C(/O)c3ccc(OC(C)C)cc3)C(=O)C(=O)N2CCN(C)C)cc1. The van der Waals surface area contributed by atoms with E-state index in [4.69, 9.17) is 4.74 Å². The lowest BCUT2D eigenvalue weighted by Gasteiger charge is -2.26. The molecule has 2 aromatic carbocycles. The number of rotatable bonds is 7. The normalized spacial score (nSPS) is 18.3. The van der Waals surface area contributed by atoms with Crippen LogP contribution < -0.4 is 4.74 Å². The number of likely N-dealkylation sites (tertiary alicyclic amines) is 1. The van der Waals surface area contributed by atoms with E-state index >= 15 is 0 Å². The first kappa shape index (κ1) is 22.6. The zero-order valence-corrected chi connectivity index (χ0v) is 18.8. The van der Waals surface area contributed by atoms with Gasteiger partial charge in [0.15, 0.2) is 0 Å². The summed E-state index contributed by atoms with van der Waals surface area (Å²) in [5, 5.41) is 11.1. The molecule has 0 radical (unpaired) electrons. The average Bonchev–Trinajstić information content (AvgIpc) is 2.97. The van der Waals surface area contributed by atoms with Crippen molar-refractivity contribution in [2.24, 2.45) is 0 Å². The van der Waals surface area contributed by atoms with Gasteiger partial charge in [-0.3, -0.25) is 9.59 Å². The van der Waals surface area contributed by atoms with Crippen molar-refractivity contribution < 1.29 is 19.4 Å². The molecule has 0 aliphatic carbocycles. The Balaban J connectivity index is 2.06. The fourth-order valence-corrected chi connectivity index (χ4v) is 3.63. The summed E-state index contributed by atoms with van der Waals surface area (Å²) in [5.74, 6) is -0.751. The number of hydrogen-bond donors (Lipinski definition) is 1. The molecule has 1 fully saturated rings. The highest BCUT2D eigenvalue weighted by molar-refractivity contribution is 6.46. The van der Waals surface area contributed by atoms with Gasteiger partial charge in [-0.25, -0.2) is 0 Å². The van der Waals surface area contributed by atoms with Crippen LogP contribution in [0.2, 0.25) is 0 Å². The van der Waals surface area contributed by atoms with E-state index in [1.165, 1.54) is 0 Å². The fourth-order valence-electron chi connectivity index (χ4n) is 3.63. The molecule has 1 heterocycles. The van der Waals surface area contributed by atoms with Crippen LogP contribution in [0, 0.1) is 6.92 Å². The molecule has 1 aliphatic rings. The van der Waals surface area contributed by atoms with E-state index in [-0.39, 0.29) is 17.4 Å². The van der Waals surface area contributed by atoms with Crippen molar-refractivity contribution in [2.75, 3.05) is 27.2 Å². The van der Waals surface area contributed by atoms with Gasteiger partial charge < -0.3 is 19.6 Å². The third kappa shape index (κ3) is 4.97. The van der Waals surface area contributed by atoms with Gasteiger partial charge in [0.05, 0.1) is 17.7 Å². The molecular formula is C25H30N2O4. The van der Waals surface area contributed by atoms with Gasteiger partial charge in [0.2, 0.25) is 0 Å². The van der Waals surface area contributed by atoms with Crippen molar-refractivity contribution in [1.82, 2.24) is 9.80 Å². The number of carbonyl (C=O) groups excluding carboxylic acids is 2. The van der Waals surface area contributed by atoms with Crippen molar-refractivity contribution in [3.05, 3.63) is 70.8 Å². The molecule has 6 nitrogen and oxygen atoms in total. The van der Waals surface area contributed by atoms with Crippen molar-refractivity contribution in [3.8, 4) is 5.75 Å². The van der Waals surface area contributed by atoms with E-state index in [2.05, 4.69) is 0 Å². The Bertz CT molecular complexity index is 976. The third-order valence-electron chi connectivity index (χ3n) is 5.22. The first-order chi connectivity index (χ1) is 14.7. The van der Waals surface area contributed by atoms with Crippen LogP contribution in [0.3, 0.4) is 0 Å². The number of aliphatic hydroxyl groups excluding tert-OH is 1. The van der Waals surface area contributed by atoms with Crippen LogP contribution in [0.15, 0.2) is 54.1 Å². The Kier molecular flexibility index (Phi) is 6.81. The lowest BCUT2D eigenvalue weighted by atomic mass is 9.94. The highest BCUT2D eigenvalue weighted by Gasteiger charge is 2.45. The van der Waals surface area contributed by atoms with E-state index in [0.717, 1.165) is 11.1 Å². The topological polar surface area (TPSA) is 70.1 Å². The van der Waals surface area contributed by atoms with Gasteiger partial charge in [-0.15, -0.1) is 0 Å². The Morgan fingerprint density at radius 3 is 2.23 bits per heavy atom. The highest BCUT2D eigenvalue weighted by atomic mass is 16.5.